The van der Waals surface area contributed by atoms with Crippen LogP contribution in [0.2, 0.25) is 0 Å². The van der Waals surface area contributed by atoms with Crippen LogP contribution in [0.4, 0.5) is 18.0 Å². The lowest BCUT2D eigenvalue weighted by Gasteiger charge is -2.10. The lowest BCUT2D eigenvalue weighted by Crippen LogP contribution is -2.48. The molecule has 0 spiro atoms. The molecule has 0 rings (SSSR count). The summed E-state index contributed by atoms with van der Waals surface area (Å²) in [5.74, 6) is -3.45. The van der Waals surface area contributed by atoms with Crippen LogP contribution >= 0.6 is 0 Å². The molecule has 4 amide bonds. The minimum Gasteiger partial charge on any atom is -0.370 e. The fourth-order valence-electron chi connectivity index (χ4n) is 0.938. The molecule has 0 heterocycles. The van der Waals surface area contributed by atoms with Gasteiger partial charge in [0.05, 0.1) is 12.5 Å². The standard InChI is InChI=1S/C9H13F3N4O3/c10-4(7(11)12)1-2-15-9(19)16-8(18)5(13)3-6(14)17/h5H,1-3,13H2,(H2,14,17)(H2,15,16,18,19). The molecule has 10 heteroatoms. The third-order valence-electron chi connectivity index (χ3n) is 1.83. The van der Waals surface area contributed by atoms with E-state index in [4.69, 9.17) is 11.5 Å². The number of imide groups is 1. The van der Waals surface area contributed by atoms with Crippen molar-refractivity contribution in [2.75, 3.05) is 6.54 Å². The Labute approximate surface area is 106 Å². The molecule has 1 unspecified atom stereocenters. The van der Waals surface area contributed by atoms with Crippen LogP contribution in [0.1, 0.15) is 12.8 Å². The maximum atomic E-state index is 12.3. The SMILES string of the molecule is NC(=O)CC(N)C(=O)NC(=O)NCCC(F)=C(F)F. The third-order valence-corrected chi connectivity index (χ3v) is 1.83. The zero-order chi connectivity index (χ0) is 15.0. The fourth-order valence-corrected chi connectivity index (χ4v) is 0.938. The average molecular weight is 282 g/mol. The Kier molecular flexibility index (Phi) is 7.19. The van der Waals surface area contributed by atoms with E-state index in [1.165, 1.54) is 0 Å². The number of halogens is 3. The van der Waals surface area contributed by atoms with Crippen molar-refractivity contribution in [3.63, 3.8) is 0 Å². The van der Waals surface area contributed by atoms with Crippen molar-refractivity contribution >= 4 is 17.8 Å². The van der Waals surface area contributed by atoms with Crippen LogP contribution in [-0.4, -0.2) is 30.4 Å². The fraction of sp³-hybridized carbons (Fsp3) is 0.444. The van der Waals surface area contributed by atoms with Gasteiger partial charge in [0.2, 0.25) is 11.8 Å². The van der Waals surface area contributed by atoms with Gasteiger partial charge in [-0.15, -0.1) is 0 Å². The number of urea groups is 1. The molecule has 19 heavy (non-hydrogen) atoms. The molecule has 0 aromatic rings. The van der Waals surface area contributed by atoms with Crippen molar-refractivity contribution in [2.45, 2.75) is 18.9 Å². The van der Waals surface area contributed by atoms with E-state index in [0.29, 0.717) is 0 Å². The van der Waals surface area contributed by atoms with Crippen molar-refractivity contribution in [1.82, 2.24) is 10.6 Å². The molecule has 0 aromatic carbocycles. The van der Waals surface area contributed by atoms with Crippen molar-refractivity contribution < 1.29 is 27.6 Å². The first-order valence-corrected chi connectivity index (χ1v) is 5.06. The van der Waals surface area contributed by atoms with Crippen LogP contribution in [-0.2, 0) is 9.59 Å². The molecule has 6 N–H and O–H groups in total. The number of amides is 4. The summed E-state index contributed by atoms with van der Waals surface area (Å²) in [5, 5.41) is 3.70. The maximum absolute atomic E-state index is 12.3. The predicted molar refractivity (Wildman–Crippen MR) is 58.3 cm³/mol. The number of carbonyl (C=O) groups is 3. The Bertz CT molecular complexity index is 396. The van der Waals surface area contributed by atoms with E-state index in [-0.39, 0.29) is 0 Å². The van der Waals surface area contributed by atoms with Gasteiger partial charge in [0.25, 0.3) is 0 Å². The van der Waals surface area contributed by atoms with Crippen LogP contribution < -0.4 is 22.1 Å². The smallest absolute Gasteiger partial charge is 0.321 e. The van der Waals surface area contributed by atoms with E-state index >= 15 is 0 Å². The van der Waals surface area contributed by atoms with E-state index in [0.717, 1.165) is 0 Å². The predicted octanol–water partition coefficient (Wildman–Crippen LogP) is -0.517. The zero-order valence-corrected chi connectivity index (χ0v) is 9.71. The number of carbonyl (C=O) groups excluding carboxylic acids is 3. The van der Waals surface area contributed by atoms with E-state index in [9.17, 15) is 27.6 Å². The van der Waals surface area contributed by atoms with Crippen LogP contribution in [0, 0.1) is 0 Å². The molecule has 0 aliphatic heterocycles. The van der Waals surface area contributed by atoms with Crippen LogP contribution in [0.5, 0.6) is 0 Å². The number of nitrogens with two attached hydrogens (primary N) is 2. The summed E-state index contributed by atoms with van der Waals surface area (Å²) < 4.78 is 35.6. The van der Waals surface area contributed by atoms with Crippen molar-refractivity contribution in [2.24, 2.45) is 11.5 Å². The first kappa shape index (κ1) is 16.9. The Balaban J connectivity index is 4.02. The van der Waals surface area contributed by atoms with Gasteiger partial charge in [0, 0.05) is 13.0 Å². The highest BCUT2D eigenvalue weighted by Crippen LogP contribution is 2.11. The minimum atomic E-state index is -2.47. The monoisotopic (exact) mass is 282 g/mol. The number of rotatable bonds is 6. The van der Waals surface area contributed by atoms with E-state index in [2.05, 4.69) is 0 Å². The second-order valence-corrected chi connectivity index (χ2v) is 3.44. The Hall–Kier alpha value is -2.10. The highest BCUT2D eigenvalue weighted by Gasteiger charge is 2.18. The highest BCUT2D eigenvalue weighted by molar-refractivity contribution is 5.98. The second-order valence-electron chi connectivity index (χ2n) is 3.44. The van der Waals surface area contributed by atoms with Crippen LogP contribution in [0.25, 0.3) is 0 Å². The summed E-state index contributed by atoms with van der Waals surface area (Å²) in [6, 6.07) is -2.35. The molecular weight excluding hydrogens is 269 g/mol. The molecule has 7 nitrogen and oxygen atoms in total. The van der Waals surface area contributed by atoms with Crippen molar-refractivity contribution in [1.29, 1.82) is 0 Å². The summed E-state index contributed by atoms with van der Waals surface area (Å²) in [4.78, 5) is 32.7. The largest absolute Gasteiger partial charge is 0.370 e. The minimum absolute atomic E-state index is 0.437. The zero-order valence-electron chi connectivity index (χ0n) is 9.71. The molecule has 0 radical (unpaired) electrons. The van der Waals surface area contributed by atoms with Crippen LogP contribution in [0.3, 0.4) is 0 Å². The van der Waals surface area contributed by atoms with Gasteiger partial charge in [-0.3, -0.25) is 14.9 Å². The number of hydrogen-bond donors (Lipinski definition) is 4. The lowest BCUT2D eigenvalue weighted by molar-refractivity contribution is -0.125. The normalized spacial score (nSPS) is 11.4. The molecule has 0 saturated heterocycles. The summed E-state index contributed by atoms with van der Waals surface area (Å²) in [6.07, 6.45) is -3.64. The number of nitrogens with one attached hydrogen (secondary N) is 2. The summed E-state index contributed by atoms with van der Waals surface area (Å²) in [6.45, 7) is -0.437. The number of hydrogen-bond acceptors (Lipinski definition) is 4. The van der Waals surface area contributed by atoms with Gasteiger partial charge in [-0.05, 0) is 0 Å². The molecule has 0 saturated carbocycles. The lowest BCUT2D eigenvalue weighted by atomic mass is 10.2. The quantitative estimate of drug-likeness (QED) is 0.522. The molecule has 0 fully saturated rings. The summed E-state index contributed by atoms with van der Waals surface area (Å²) >= 11 is 0. The van der Waals surface area contributed by atoms with Gasteiger partial charge in [0.1, 0.15) is 0 Å². The molecule has 0 aromatic heterocycles. The first-order chi connectivity index (χ1) is 8.73. The molecule has 108 valence electrons. The molecule has 0 aliphatic carbocycles. The van der Waals surface area contributed by atoms with Gasteiger partial charge in [-0.25, -0.2) is 9.18 Å². The van der Waals surface area contributed by atoms with Gasteiger partial charge in [-0.1, -0.05) is 0 Å². The molecule has 1 atom stereocenters. The summed E-state index contributed by atoms with van der Waals surface area (Å²) in [7, 11) is 0. The molecular formula is C9H13F3N4O3. The van der Waals surface area contributed by atoms with E-state index in [1.54, 1.807) is 5.32 Å². The van der Waals surface area contributed by atoms with Gasteiger partial charge in [-0.2, -0.15) is 8.78 Å². The average Bonchev–Trinajstić information content (AvgIpc) is 2.27. The van der Waals surface area contributed by atoms with Crippen molar-refractivity contribution in [3.05, 3.63) is 11.9 Å². The topological polar surface area (TPSA) is 127 Å². The van der Waals surface area contributed by atoms with Gasteiger partial charge in [0.15, 0.2) is 5.83 Å². The Morgan fingerprint density at radius 2 is 1.74 bits per heavy atom. The second kappa shape index (κ2) is 8.08. The van der Waals surface area contributed by atoms with Gasteiger partial charge < -0.3 is 16.8 Å². The van der Waals surface area contributed by atoms with E-state index in [1.807, 2.05) is 5.32 Å². The highest BCUT2D eigenvalue weighted by atomic mass is 19.3. The maximum Gasteiger partial charge on any atom is 0.321 e. The van der Waals surface area contributed by atoms with Crippen LogP contribution in [0.15, 0.2) is 11.9 Å². The number of primary amides is 1. The van der Waals surface area contributed by atoms with E-state index < -0.39 is 55.2 Å². The molecule has 0 aliphatic rings. The van der Waals surface area contributed by atoms with Crippen molar-refractivity contribution in [3.8, 4) is 0 Å². The Morgan fingerprint density at radius 3 is 2.21 bits per heavy atom. The third kappa shape index (κ3) is 7.76. The Morgan fingerprint density at radius 1 is 1.16 bits per heavy atom. The summed E-state index contributed by atoms with van der Waals surface area (Å²) in [5.41, 5.74) is 10.0. The van der Waals surface area contributed by atoms with Gasteiger partial charge >= 0.3 is 12.1 Å². The first-order valence-electron chi connectivity index (χ1n) is 5.06. The molecule has 0 bridgehead atoms.